The van der Waals surface area contributed by atoms with E-state index in [9.17, 15) is 9.90 Å². The minimum Gasteiger partial charge on any atom is -0.481 e. The van der Waals surface area contributed by atoms with Crippen LogP contribution in [0.3, 0.4) is 0 Å². The third-order valence-electron chi connectivity index (χ3n) is 5.59. The molecular weight excluding hydrogens is 226 g/mol. The van der Waals surface area contributed by atoms with Crippen LogP contribution in [0.1, 0.15) is 51.9 Å². The number of carboxylic acids is 1. The largest absolute Gasteiger partial charge is 0.481 e. The highest BCUT2D eigenvalue weighted by molar-refractivity contribution is 5.72. The Labute approximate surface area is 109 Å². The second-order valence-electron chi connectivity index (χ2n) is 6.82. The summed E-state index contributed by atoms with van der Waals surface area (Å²) < 4.78 is 0. The Hall–Kier alpha value is -0.570. The first-order valence-electron chi connectivity index (χ1n) is 7.64. The van der Waals surface area contributed by atoms with Gasteiger partial charge in [0.25, 0.3) is 0 Å². The number of aliphatic carboxylic acids is 1. The Morgan fingerprint density at radius 1 is 1.28 bits per heavy atom. The van der Waals surface area contributed by atoms with Crippen LogP contribution in [0.4, 0.5) is 0 Å². The van der Waals surface area contributed by atoms with E-state index in [1.807, 2.05) is 0 Å². The van der Waals surface area contributed by atoms with Crippen LogP contribution in [0.5, 0.6) is 0 Å². The van der Waals surface area contributed by atoms with Crippen LogP contribution < -0.4 is 5.32 Å². The molecule has 0 aromatic carbocycles. The zero-order valence-electron chi connectivity index (χ0n) is 11.3. The van der Waals surface area contributed by atoms with Crippen molar-refractivity contribution in [3.05, 3.63) is 0 Å². The molecule has 3 fully saturated rings. The normalized spacial score (nSPS) is 40.7. The van der Waals surface area contributed by atoms with Crippen molar-refractivity contribution in [3.8, 4) is 0 Å². The SMILES string of the molecule is CC(CC1CCC1)NC1C2CCC(C2)C1C(=O)O. The number of hydrogen-bond acceptors (Lipinski definition) is 2. The predicted molar refractivity (Wildman–Crippen MR) is 70.3 cm³/mol. The Morgan fingerprint density at radius 3 is 2.61 bits per heavy atom. The molecule has 0 radical (unpaired) electrons. The van der Waals surface area contributed by atoms with Crippen molar-refractivity contribution in [2.24, 2.45) is 23.7 Å². The molecule has 3 aliphatic carbocycles. The van der Waals surface area contributed by atoms with Crippen molar-refractivity contribution in [1.82, 2.24) is 5.32 Å². The Kier molecular flexibility index (Phi) is 3.35. The lowest BCUT2D eigenvalue weighted by Crippen LogP contribution is -2.48. The number of rotatable bonds is 5. The van der Waals surface area contributed by atoms with Gasteiger partial charge in [-0.1, -0.05) is 19.3 Å². The van der Waals surface area contributed by atoms with E-state index in [0.29, 0.717) is 17.9 Å². The summed E-state index contributed by atoms with van der Waals surface area (Å²) in [7, 11) is 0. The van der Waals surface area contributed by atoms with Crippen LogP contribution in [0.25, 0.3) is 0 Å². The van der Waals surface area contributed by atoms with Crippen molar-refractivity contribution < 1.29 is 9.90 Å². The average Bonchev–Trinajstić information content (AvgIpc) is 2.83. The van der Waals surface area contributed by atoms with Gasteiger partial charge in [0, 0.05) is 12.1 Å². The third kappa shape index (κ3) is 2.18. The Bertz CT molecular complexity index is 326. The maximum Gasteiger partial charge on any atom is 0.308 e. The molecule has 3 nitrogen and oxygen atoms in total. The predicted octanol–water partition coefficient (Wildman–Crippen LogP) is 2.65. The van der Waals surface area contributed by atoms with Gasteiger partial charge >= 0.3 is 5.97 Å². The summed E-state index contributed by atoms with van der Waals surface area (Å²) in [5.41, 5.74) is 0. The first-order chi connectivity index (χ1) is 8.65. The summed E-state index contributed by atoms with van der Waals surface area (Å²) in [5, 5.41) is 13.1. The zero-order chi connectivity index (χ0) is 12.7. The summed E-state index contributed by atoms with van der Waals surface area (Å²) in [6.07, 6.45) is 8.91. The lowest BCUT2D eigenvalue weighted by molar-refractivity contribution is -0.144. The molecule has 0 saturated heterocycles. The zero-order valence-corrected chi connectivity index (χ0v) is 11.3. The molecule has 0 aromatic rings. The molecule has 102 valence electrons. The van der Waals surface area contributed by atoms with Gasteiger partial charge < -0.3 is 10.4 Å². The highest BCUT2D eigenvalue weighted by Crippen LogP contribution is 2.48. The van der Waals surface area contributed by atoms with E-state index in [-0.39, 0.29) is 12.0 Å². The van der Waals surface area contributed by atoms with Crippen LogP contribution in [0, 0.1) is 23.7 Å². The van der Waals surface area contributed by atoms with Gasteiger partial charge in [0.05, 0.1) is 5.92 Å². The van der Waals surface area contributed by atoms with Gasteiger partial charge in [0.1, 0.15) is 0 Å². The van der Waals surface area contributed by atoms with Crippen molar-refractivity contribution in [2.75, 3.05) is 0 Å². The molecular formula is C15H25NO2. The van der Waals surface area contributed by atoms with E-state index in [0.717, 1.165) is 18.8 Å². The van der Waals surface area contributed by atoms with Crippen LogP contribution in [-0.2, 0) is 4.79 Å². The number of carbonyl (C=O) groups is 1. The molecule has 2 N–H and O–H groups in total. The van der Waals surface area contributed by atoms with Crippen LogP contribution in [-0.4, -0.2) is 23.2 Å². The smallest absolute Gasteiger partial charge is 0.308 e. The van der Waals surface area contributed by atoms with Gasteiger partial charge in [-0.25, -0.2) is 0 Å². The molecule has 0 aliphatic heterocycles. The summed E-state index contributed by atoms with van der Waals surface area (Å²) >= 11 is 0. The number of hydrogen-bond donors (Lipinski definition) is 2. The first-order valence-corrected chi connectivity index (χ1v) is 7.64. The molecule has 3 heteroatoms. The van der Waals surface area contributed by atoms with E-state index in [1.165, 1.54) is 32.1 Å². The number of carboxylic acid groups (broad SMARTS) is 1. The van der Waals surface area contributed by atoms with E-state index in [4.69, 9.17) is 0 Å². The maximum absolute atomic E-state index is 11.4. The van der Waals surface area contributed by atoms with Gasteiger partial charge in [0.2, 0.25) is 0 Å². The van der Waals surface area contributed by atoms with Gasteiger partial charge in [0.15, 0.2) is 0 Å². The first kappa shape index (κ1) is 12.5. The van der Waals surface area contributed by atoms with Gasteiger partial charge in [-0.2, -0.15) is 0 Å². The van der Waals surface area contributed by atoms with Crippen molar-refractivity contribution in [1.29, 1.82) is 0 Å². The van der Waals surface area contributed by atoms with Crippen molar-refractivity contribution >= 4 is 5.97 Å². The second kappa shape index (κ2) is 4.84. The van der Waals surface area contributed by atoms with Crippen molar-refractivity contribution in [2.45, 2.75) is 64.0 Å². The summed E-state index contributed by atoms with van der Waals surface area (Å²) in [5.74, 6) is 1.28. The molecule has 18 heavy (non-hydrogen) atoms. The molecule has 0 aromatic heterocycles. The summed E-state index contributed by atoms with van der Waals surface area (Å²) in [6, 6.07) is 0.734. The van der Waals surface area contributed by atoms with Crippen LogP contribution >= 0.6 is 0 Å². The molecule has 0 amide bonds. The maximum atomic E-state index is 11.4. The molecule has 3 rings (SSSR count). The van der Waals surface area contributed by atoms with Crippen molar-refractivity contribution in [3.63, 3.8) is 0 Å². The fourth-order valence-corrected chi connectivity index (χ4v) is 4.51. The molecule has 3 aliphatic rings. The minimum absolute atomic E-state index is 0.118. The highest BCUT2D eigenvalue weighted by Gasteiger charge is 2.51. The Morgan fingerprint density at radius 2 is 2.00 bits per heavy atom. The minimum atomic E-state index is -0.574. The van der Waals surface area contributed by atoms with E-state index in [1.54, 1.807) is 0 Å². The lowest BCUT2D eigenvalue weighted by atomic mass is 9.80. The molecule has 5 unspecified atom stereocenters. The summed E-state index contributed by atoms with van der Waals surface area (Å²) in [6.45, 7) is 2.24. The van der Waals surface area contributed by atoms with Gasteiger partial charge in [-0.05, 0) is 50.4 Å². The summed E-state index contributed by atoms with van der Waals surface area (Å²) in [4.78, 5) is 11.4. The molecule has 3 saturated carbocycles. The molecule has 2 bridgehead atoms. The fraction of sp³-hybridized carbons (Fsp3) is 0.933. The second-order valence-corrected chi connectivity index (χ2v) is 6.82. The topological polar surface area (TPSA) is 49.3 Å². The molecule has 5 atom stereocenters. The quantitative estimate of drug-likeness (QED) is 0.789. The van der Waals surface area contributed by atoms with Gasteiger partial charge in [-0.3, -0.25) is 4.79 Å². The lowest BCUT2D eigenvalue weighted by Gasteiger charge is -2.34. The number of fused-ring (bicyclic) bond motifs is 2. The van der Waals surface area contributed by atoms with Crippen LogP contribution in [0.2, 0.25) is 0 Å². The van der Waals surface area contributed by atoms with Gasteiger partial charge in [-0.15, -0.1) is 0 Å². The van der Waals surface area contributed by atoms with E-state index in [2.05, 4.69) is 12.2 Å². The standard InChI is InChI=1S/C15H25NO2/c1-9(7-10-3-2-4-10)16-14-12-6-5-11(8-12)13(14)15(17)18/h9-14,16H,2-8H2,1H3,(H,17,18). The Balaban J connectivity index is 1.58. The number of nitrogens with one attached hydrogen (secondary N) is 1. The third-order valence-corrected chi connectivity index (χ3v) is 5.59. The monoisotopic (exact) mass is 251 g/mol. The van der Waals surface area contributed by atoms with E-state index >= 15 is 0 Å². The average molecular weight is 251 g/mol. The molecule has 0 heterocycles. The van der Waals surface area contributed by atoms with E-state index < -0.39 is 5.97 Å². The molecule has 0 spiro atoms. The fourth-order valence-electron chi connectivity index (χ4n) is 4.51. The highest BCUT2D eigenvalue weighted by atomic mass is 16.4. The van der Waals surface area contributed by atoms with Crippen LogP contribution in [0.15, 0.2) is 0 Å².